The molecule has 70 valence electrons. The topological polar surface area (TPSA) is 9.23 Å². The summed E-state index contributed by atoms with van der Waals surface area (Å²) in [5.41, 5.74) is 0. The van der Waals surface area contributed by atoms with Crippen molar-refractivity contribution in [3.8, 4) is 5.75 Å². The molecule has 0 N–H and O–H groups in total. The van der Waals surface area contributed by atoms with E-state index in [0.29, 0.717) is 0 Å². The fourth-order valence-corrected chi connectivity index (χ4v) is 2.71. The zero-order valence-electron chi connectivity index (χ0n) is 7.61. The van der Waals surface area contributed by atoms with Crippen LogP contribution in [0.15, 0.2) is 30.3 Å². The summed E-state index contributed by atoms with van der Waals surface area (Å²) in [5, 5.41) is 0. The van der Waals surface area contributed by atoms with Gasteiger partial charge >= 0.3 is 0 Å². The van der Waals surface area contributed by atoms with Gasteiger partial charge in [-0.2, -0.15) is 11.8 Å². The van der Waals surface area contributed by atoms with Crippen molar-refractivity contribution in [2.45, 2.75) is 6.42 Å². The zero-order valence-corrected chi connectivity index (χ0v) is 8.43. The number of ether oxygens (including phenoxy) is 1. The maximum Gasteiger partial charge on any atom is 0.119 e. The molecule has 0 amide bonds. The maximum absolute atomic E-state index is 5.68. The predicted octanol–water partition coefficient (Wildman–Crippen LogP) is 2.82. The van der Waals surface area contributed by atoms with Crippen LogP contribution in [0.5, 0.6) is 5.75 Å². The van der Waals surface area contributed by atoms with Gasteiger partial charge in [0.2, 0.25) is 0 Å². The summed E-state index contributed by atoms with van der Waals surface area (Å²) < 4.78 is 5.68. The van der Waals surface area contributed by atoms with Gasteiger partial charge in [0.25, 0.3) is 0 Å². The number of thioether (sulfide) groups is 1. The summed E-state index contributed by atoms with van der Waals surface area (Å²) in [6, 6.07) is 10.1. The quantitative estimate of drug-likeness (QED) is 0.731. The SMILES string of the molecule is c1ccc(OCC2CCSC2)cc1. The fraction of sp³-hybridized carbons (Fsp3) is 0.455. The van der Waals surface area contributed by atoms with E-state index in [1.54, 1.807) is 0 Å². The van der Waals surface area contributed by atoms with Gasteiger partial charge in [0, 0.05) is 5.92 Å². The first-order valence-corrected chi connectivity index (χ1v) is 5.86. The molecule has 1 nitrogen and oxygen atoms in total. The Balaban J connectivity index is 1.79. The highest BCUT2D eigenvalue weighted by Gasteiger charge is 2.15. The maximum atomic E-state index is 5.68. The van der Waals surface area contributed by atoms with Crippen molar-refractivity contribution >= 4 is 11.8 Å². The van der Waals surface area contributed by atoms with Crippen molar-refractivity contribution in [3.63, 3.8) is 0 Å². The molecule has 0 spiro atoms. The molecule has 2 heteroatoms. The molecule has 1 heterocycles. The molecule has 1 atom stereocenters. The lowest BCUT2D eigenvalue weighted by atomic mass is 10.1. The lowest BCUT2D eigenvalue weighted by Crippen LogP contribution is -2.10. The highest BCUT2D eigenvalue weighted by molar-refractivity contribution is 7.99. The first kappa shape index (κ1) is 8.95. The van der Waals surface area contributed by atoms with Gasteiger partial charge in [0.1, 0.15) is 5.75 Å². The molecule has 0 radical (unpaired) electrons. The number of para-hydroxylation sites is 1. The van der Waals surface area contributed by atoms with Crippen LogP contribution in [0.3, 0.4) is 0 Å². The van der Waals surface area contributed by atoms with E-state index in [0.717, 1.165) is 18.3 Å². The normalized spacial score (nSPS) is 21.7. The van der Waals surface area contributed by atoms with E-state index in [9.17, 15) is 0 Å². The molecule has 0 bridgehead atoms. The zero-order chi connectivity index (χ0) is 8.93. The molecule has 1 unspecified atom stereocenters. The van der Waals surface area contributed by atoms with Gasteiger partial charge in [-0.1, -0.05) is 18.2 Å². The van der Waals surface area contributed by atoms with Gasteiger partial charge in [0.05, 0.1) is 6.61 Å². The van der Waals surface area contributed by atoms with Crippen LogP contribution in [-0.4, -0.2) is 18.1 Å². The van der Waals surface area contributed by atoms with Crippen molar-refractivity contribution in [1.82, 2.24) is 0 Å². The van der Waals surface area contributed by atoms with E-state index in [1.807, 2.05) is 42.1 Å². The second kappa shape index (κ2) is 4.56. The number of hydrogen-bond acceptors (Lipinski definition) is 2. The second-order valence-corrected chi connectivity index (χ2v) is 4.50. The van der Waals surface area contributed by atoms with E-state index < -0.39 is 0 Å². The van der Waals surface area contributed by atoms with Crippen molar-refractivity contribution in [2.75, 3.05) is 18.1 Å². The first-order chi connectivity index (χ1) is 6.45. The summed E-state index contributed by atoms with van der Waals surface area (Å²) in [6.45, 7) is 0.886. The molecule has 1 aromatic rings. The summed E-state index contributed by atoms with van der Waals surface area (Å²) in [5.74, 6) is 4.35. The third-order valence-electron chi connectivity index (χ3n) is 2.25. The van der Waals surface area contributed by atoms with E-state index in [2.05, 4.69) is 0 Å². The summed E-state index contributed by atoms with van der Waals surface area (Å²) in [7, 11) is 0. The van der Waals surface area contributed by atoms with Crippen molar-refractivity contribution in [1.29, 1.82) is 0 Å². The van der Waals surface area contributed by atoms with Crippen LogP contribution in [0.2, 0.25) is 0 Å². The molecule has 1 fully saturated rings. The van der Waals surface area contributed by atoms with Crippen LogP contribution in [-0.2, 0) is 0 Å². The van der Waals surface area contributed by atoms with Crippen molar-refractivity contribution in [2.24, 2.45) is 5.92 Å². The lowest BCUT2D eigenvalue weighted by molar-refractivity contribution is 0.264. The molecule has 2 rings (SSSR count). The molecular weight excluding hydrogens is 180 g/mol. The summed E-state index contributed by atoms with van der Waals surface area (Å²) in [4.78, 5) is 0. The molecule has 1 aliphatic rings. The van der Waals surface area contributed by atoms with Gasteiger partial charge in [-0.15, -0.1) is 0 Å². The number of rotatable bonds is 3. The Kier molecular flexibility index (Phi) is 3.14. The molecule has 1 saturated heterocycles. The first-order valence-electron chi connectivity index (χ1n) is 4.71. The smallest absolute Gasteiger partial charge is 0.119 e. The molecule has 1 aliphatic heterocycles. The van der Waals surface area contributed by atoms with Gasteiger partial charge in [-0.3, -0.25) is 0 Å². The largest absolute Gasteiger partial charge is 0.493 e. The van der Waals surface area contributed by atoms with E-state index in [1.165, 1.54) is 17.9 Å². The van der Waals surface area contributed by atoms with Crippen molar-refractivity contribution in [3.05, 3.63) is 30.3 Å². The molecule has 0 saturated carbocycles. The fourth-order valence-electron chi connectivity index (χ4n) is 1.45. The van der Waals surface area contributed by atoms with E-state index in [-0.39, 0.29) is 0 Å². The van der Waals surface area contributed by atoms with E-state index in [4.69, 9.17) is 4.74 Å². The Morgan fingerprint density at radius 3 is 2.85 bits per heavy atom. The Bertz CT molecular complexity index is 242. The van der Waals surface area contributed by atoms with Crippen LogP contribution in [0.25, 0.3) is 0 Å². The molecule has 0 aromatic heterocycles. The highest BCUT2D eigenvalue weighted by atomic mass is 32.2. The standard InChI is InChI=1S/C11H14OS/c1-2-4-11(5-3-1)12-8-10-6-7-13-9-10/h1-5,10H,6-9H2. The molecule has 0 aliphatic carbocycles. The molecule has 13 heavy (non-hydrogen) atoms. The van der Waals surface area contributed by atoms with Crippen LogP contribution >= 0.6 is 11.8 Å². The summed E-state index contributed by atoms with van der Waals surface area (Å²) >= 11 is 2.04. The van der Waals surface area contributed by atoms with Crippen LogP contribution in [0.4, 0.5) is 0 Å². The van der Waals surface area contributed by atoms with Gasteiger partial charge in [-0.05, 0) is 30.1 Å². The van der Waals surface area contributed by atoms with Crippen molar-refractivity contribution < 1.29 is 4.74 Å². The van der Waals surface area contributed by atoms with Gasteiger partial charge in [0.15, 0.2) is 0 Å². The highest BCUT2D eigenvalue weighted by Crippen LogP contribution is 2.24. The third kappa shape index (κ3) is 2.66. The number of benzene rings is 1. The predicted molar refractivity (Wildman–Crippen MR) is 57.4 cm³/mol. The average Bonchev–Trinajstić information content (AvgIpc) is 2.69. The monoisotopic (exact) mass is 194 g/mol. The number of hydrogen-bond donors (Lipinski definition) is 0. The average molecular weight is 194 g/mol. The minimum Gasteiger partial charge on any atom is -0.493 e. The van der Waals surface area contributed by atoms with Crippen LogP contribution in [0, 0.1) is 5.92 Å². The third-order valence-corrected chi connectivity index (χ3v) is 3.48. The van der Waals surface area contributed by atoms with Gasteiger partial charge < -0.3 is 4.74 Å². The van der Waals surface area contributed by atoms with Crippen LogP contribution < -0.4 is 4.74 Å². The Labute approximate surface area is 83.5 Å². The Morgan fingerprint density at radius 1 is 1.31 bits per heavy atom. The van der Waals surface area contributed by atoms with Gasteiger partial charge in [-0.25, -0.2) is 0 Å². The van der Waals surface area contributed by atoms with E-state index >= 15 is 0 Å². The summed E-state index contributed by atoms with van der Waals surface area (Å²) in [6.07, 6.45) is 1.32. The second-order valence-electron chi connectivity index (χ2n) is 3.35. The molecular formula is C11H14OS. The minimum atomic E-state index is 0.769. The lowest BCUT2D eigenvalue weighted by Gasteiger charge is -2.10. The minimum absolute atomic E-state index is 0.769. The van der Waals surface area contributed by atoms with Crippen LogP contribution in [0.1, 0.15) is 6.42 Å². The molecule has 1 aromatic carbocycles. The Morgan fingerprint density at radius 2 is 2.15 bits per heavy atom. The Hall–Kier alpha value is -0.630.